The molecule has 2 aromatic carbocycles. The maximum atomic E-state index is 12.5. The van der Waals surface area contributed by atoms with Crippen LogP contribution in [0.2, 0.25) is 0 Å². The third-order valence-electron chi connectivity index (χ3n) is 4.74. The van der Waals surface area contributed by atoms with Gasteiger partial charge >= 0.3 is 5.97 Å². The third kappa shape index (κ3) is 4.64. The SMILES string of the molecule is CCCCCCc1ccc(-c2cc(=O)c3cccc(CC(=O)O)c3o2)cc1. The first-order valence-electron chi connectivity index (χ1n) is 9.45. The summed E-state index contributed by atoms with van der Waals surface area (Å²) in [7, 11) is 0. The molecule has 0 saturated carbocycles. The number of aryl methyl sites for hydroxylation is 1. The van der Waals surface area contributed by atoms with Gasteiger partial charge in [0.15, 0.2) is 5.43 Å². The van der Waals surface area contributed by atoms with E-state index in [9.17, 15) is 9.59 Å². The van der Waals surface area contributed by atoms with Crippen molar-refractivity contribution in [1.29, 1.82) is 0 Å². The molecule has 0 fully saturated rings. The van der Waals surface area contributed by atoms with Gasteiger partial charge in [0.05, 0.1) is 11.8 Å². The summed E-state index contributed by atoms with van der Waals surface area (Å²) in [5, 5.41) is 9.50. The molecule has 4 heteroatoms. The number of carbonyl (C=O) groups is 1. The first-order valence-corrected chi connectivity index (χ1v) is 9.45. The molecule has 1 N–H and O–H groups in total. The summed E-state index contributed by atoms with van der Waals surface area (Å²) in [4.78, 5) is 23.6. The summed E-state index contributed by atoms with van der Waals surface area (Å²) in [6, 6.07) is 14.5. The molecule has 0 spiro atoms. The van der Waals surface area contributed by atoms with Crippen molar-refractivity contribution in [2.24, 2.45) is 0 Å². The second kappa shape index (κ2) is 8.67. The van der Waals surface area contributed by atoms with E-state index in [4.69, 9.17) is 9.52 Å². The maximum Gasteiger partial charge on any atom is 0.307 e. The Morgan fingerprint density at radius 2 is 1.81 bits per heavy atom. The minimum Gasteiger partial charge on any atom is -0.481 e. The van der Waals surface area contributed by atoms with Gasteiger partial charge in [-0.05, 0) is 24.5 Å². The largest absolute Gasteiger partial charge is 0.481 e. The summed E-state index contributed by atoms with van der Waals surface area (Å²) in [6.07, 6.45) is 5.77. The van der Waals surface area contributed by atoms with Crippen LogP contribution >= 0.6 is 0 Å². The van der Waals surface area contributed by atoms with Crippen LogP contribution in [0.4, 0.5) is 0 Å². The van der Waals surface area contributed by atoms with Crippen LogP contribution in [0, 0.1) is 0 Å². The minimum atomic E-state index is -0.956. The normalized spacial score (nSPS) is 11.0. The van der Waals surface area contributed by atoms with Crippen LogP contribution in [0.25, 0.3) is 22.3 Å². The Kier molecular flexibility index (Phi) is 6.07. The number of para-hydroxylation sites is 1. The molecule has 140 valence electrons. The highest BCUT2D eigenvalue weighted by molar-refractivity contribution is 5.85. The van der Waals surface area contributed by atoms with Gasteiger partial charge in [-0.25, -0.2) is 0 Å². The van der Waals surface area contributed by atoms with E-state index in [2.05, 4.69) is 19.1 Å². The van der Waals surface area contributed by atoms with E-state index in [-0.39, 0.29) is 11.8 Å². The number of unbranched alkanes of at least 4 members (excludes halogenated alkanes) is 3. The average Bonchev–Trinajstić information content (AvgIpc) is 2.66. The Morgan fingerprint density at radius 1 is 1.04 bits per heavy atom. The highest BCUT2D eigenvalue weighted by atomic mass is 16.4. The average molecular weight is 364 g/mol. The van der Waals surface area contributed by atoms with E-state index in [0.717, 1.165) is 12.0 Å². The van der Waals surface area contributed by atoms with Crippen molar-refractivity contribution in [2.45, 2.75) is 45.4 Å². The number of carboxylic acid groups (broad SMARTS) is 1. The summed E-state index contributed by atoms with van der Waals surface area (Å²) in [5.74, 6) is -0.495. The molecule has 0 amide bonds. The van der Waals surface area contributed by atoms with Gasteiger partial charge in [-0.15, -0.1) is 0 Å². The van der Waals surface area contributed by atoms with Crippen LogP contribution in [-0.4, -0.2) is 11.1 Å². The third-order valence-corrected chi connectivity index (χ3v) is 4.74. The highest BCUT2D eigenvalue weighted by Gasteiger charge is 2.12. The predicted molar refractivity (Wildman–Crippen MR) is 107 cm³/mol. The molecule has 4 nitrogen and oxygen atoms in total. The number of hydrogen-bond donors (Lipinski definition) is 1. The van der Waals surface area contributed by atoms with Crippen molar-refractivity contribution < 1.29 is 14.3 Å². The fourth-order valence-corrected chi connectivity index (χ4v) is 3.27. The van der Waals surface area contributed by atoms with Gasteiger partial charge in [-0.1, -0.05) is 62.6 Å². The van der Waals surface area contributed by atoms with Crippen molar-refractivity contribution in [1.82, 2.24) is 0 Å². The zero-order chi connectivity index (χ0) is 19.2. The zero-order valence-corrected chi connectivity index (χ0v) is 15.5. The number of carboxylic acids is 1. The predicted octanol–water partition coefficient (Wildman–Crippen LogP) is 5.21. The molecule has 0 saturated heterocycles. The van der Waals surface area contributed by atoms with Crippen LogP contribution in [0.5, 0.6) is 0 Å². The molecule has 0 bridgehead atoms. The standard InChI is InChI=1S/C23H24O4/c1-2-3-4-5-7-16-10-12-17(13-11-16)21-15-20(24)19-9-6-8-18(14-22(25)26)23(19)27-21/h6,8-13,15H,2-5,7,14H2,1H3,(H,25,26). The van der Waals surface area contributed by atoms with Gasteiger partial charge in [-0.3, -0.25) is 9.59 Å². The lowest BCUT2D eigenvalue weighted by atomic mass is 10.0. The monoisotopic (exact) mass is 364 g/mol. The molecule has 0 aliphatic rings. The van der Waals surface area contributed by atoms with Gasteiger partial charge < -0.3 is 9.52 Å². The summed E-state index contributed by atoms with van der Waals surface area (Å²) in [5.41, 5.74) is 2.78. The van der Waals surface area contributed by atoms with Crippen LogP contribution in [0.15, 0.2) is 57.7 Å². The molecule has 0 aliphatic carbocycles. The zero-order valence-electron chi connectivity index (χ0n) is 15.5. The fourth-order valence-electron chi connectivity index (χ4n) is 3.27. The van der Waals surface area contributed by atoms with Crippen LogP contribution in [0.3, 0.4) is 0 Å². The van der Waals surface area contributed by atoms with E-state index in [1.54, 1.807) is 18.2 Å². The number of aliphatic carboxylic acids is 1. The molecule has 0 aliphatic heterocycles. The van der Waals surface area contributed by atoms with Crippen molar-refractivity contribution in [3.05, 3.63) is 69.9 Å². The fraction of sp³-hybridized carbons (Fsp3) is 0.304. The van der Waals surface area contributed by atoms with Crippen LogP contribution < -0.4 is 5.43 Å². The number of fused-ring (bicyclic) bond motifs is 1. The van der Waals surface area contributed by atoms with Gasteiger partial charge in [0, 0.05) is 17.2 Å². The molecular weight excluding hydrogens is 340 g/mol. The smallest absolute Gasteiger partial charge is 0.307 e. The Labute approximate surface area is 158 Å². The number of benzene rings is 2. The Bertz CT molecular complexity index is 983. The van der Waals surface area contributed by atoms with Crippen molar-refractivity contribution in [2.75, 3.05) is 0 Å². The lowest BCUT2D eigenvalue weighted by molar-refractivity contribution is -0.136. The Hall–Kier alpha value is -2.88. The molecule has 0 atom stereocenters. The molecule has 1 aromatic heterocycles. The van der Waals surface area contributed by atoms with E-state index in [1.165, 1.54) is 37.3 Å². The number of rotatable bonds is 8. The molecule has 0 radical (unpaired) electrons. The lowest BCUT2D eigenvalue weighted by Gasteiger charge is -2.07. The van der Waals surface area contributed by atoms with Gasteiger partial charge in [0.25, 0.3) is 0 Å². The number of hydrogen-bond acceptors (Lipinski definition) is 3. The first kappa shape index (κ1) is 18.9. The molecular formula is C23H24O4. The van der Waals surface area contributed by atoms with E-state index in [0.29, 0.717) is 22.3 Å². The molecule has 3 aromatic rings. The van der Waals surface area contributed by atoms with Gasteiger partial charge in [0.2, 0.25) is 0 Å². The topological polar surface area (TPSA) is 67.5 Å². The van der Waals surface area contributed by atoms with E-state index >= 15 is 0 Å². The first-order chi connectivity index (χ1) is 13.1. The van der Waals surface area contributed by atoms with E-state index < -0.39 is 5.97 Å². The second-order valence-electron chi connectivity index (χ2n) is 6.85. The molecule has 27 heavy (non-hydrogen) atoms. The molecule has 0 unspecified atom stereocenters. The molecule has 3 rings (SSSR count). The van der Waals surface area contributed by atoms with Crippen molar-refractivity contribution in [3.63, 3.8) is 0 Å². The molecule has 1 heterocycles. The Morgan fingerprint density at radius 3 is 2.52 bits per heavy atom. The quantitative estimate of drug-likeness (QED) is 0.557. The highest BCUT2D eigenvalue weighted by Crippen LogP contribution is 2.25. The van der Waals surface area contributed by atoms with E-state index in [1.807, 2.05) is 12.1 Å². The minimum absolute atomic E-state index is 0.165. The van der Waals surface area contributed by atoms with Crippen molar-refractivity contribution >= 4 is 16.9 Å². The lowest BCUT2D eigenvalue weighted by Crippen LogP contribution is -2.05. The van der Waals surface area contributed by atoms with Crippen molar-refractivity contribution in [3.8, 4) is 11.3 Å². The van der Waals surface area contributed by atoms with Crippen LogP contribution in [0.1, 0.15) is 43.7 Å². The van der Waals surface area contributed by atoms with Gasteiger partial charge in [0.1, 0.15) is 11.3 Å². The summed E-state index contributed by atoms with van der Waals surface area (Å²) in [6.45, 7) is 2.20. The Balaban J connectivity index is 1.90. The van der Waals surface area contributed by atoms with Crippen LogP contribution in [-0.2, 0) is 17.6 Å². The summed E-state index contributed by atoms with van der Waals surface area (Å²) < 4.78 is 5.95. The summed E-state index contributed by atoms with van der Waals surface area (Å²) >= 11 is 0. The maximum absolute atomic E-state index is 12.5. The van der Waals surface area contributed by atoms with Gasteiger partial charge in [-0.2, -0.15) is 0 Å². The second-order valence-corrected chi connectivity index (χ2v) is 6.85.